The molecule has 1 rings (SSSR count). The van der Waals surface area contributed by atoms with Gasteiger partial charge in [-0.3, -0.25) is 4.79 Å². The molecule has 1 heterocycles. The van der Waals surface area contributed by atoms with Crippen LogP contribution < -0.4 is 5.32 Å². The Morgan fingerprint density at radius 1 is 1.36 bits per heavy atom. The smallest absolute Gasteiger partial charge is 0.244 e. The third-order valence-electron chi connectivity index (χ3n) is 3.32. The summed E-state index contributed by atoms with van der Waals surface area (Å²) in [5, 5.41) is 13.1. The summed E-state index contributed by atoms with van der Waals surface area (Å²) in [6, 6.07) is 0. The molecule has 4 nitrogen and oxygen atoms in total. The summed E-state index contributed by atoms with van der Waals surface area (Å²) >= 11 is 1.61. The molecule has 22 heavy (non-hydrogen) atoms. The summed E-state index contributed by atoms with van der Waals surface area (Å²) in [6.07, 6.45) is 6.91. The molecule has 0 atom stereocenters. The molecule has 0 aromatic carbocycles. The van der Waals surface area contributed by atoms with Crippen LogP contribution in [0.4, 0.5) is 0 Å². The summed E-state index contributed by atoms with van der Waals surface area (Å²) in [5.41, 5.74) is -0.0366. The molecule has 0 aliphatic carbocycles. The fourth-order valence-corrected chi connectivity index (χ4v) is 2.66. The normalized spacial score (nSPS) is 12.8. The van der Waals surface area contributed by atoms with Gasteiger partial charge in [0.2, 0.25) is 5.91 Å². The van der Waals surface area contributed by atoms with Crippen LogP contribution in [0.5, 0.6) is 0 Å². The van der Waals surface area contributed by atoms with E-state index in [1.54, 1.807) is 29.7 Å². The summed E-state index contributed by atoms with van der Waals surface area (Å²) in [5.74, 6) is -0.0903. The summed E-state index contributed by atoms with van der Waals surface area (Å²) < 4.78 is 0. The van der Waals surface area contributed by atoms with Crippen LogP contribution in [0.15, 0.2) is 12.3 Å². The minimum Gasteiger partial charge on any atom is -0.396 e. The number of nitrogens with one attached hydrogen (secondary N) is 1. The SMILES string of the molecule is CC(C)(CO)CCCNC(=O)/C=C/c1cnc(C(C)(C)C)s1. The molecule has 0 bridgehead atoms. The lowest BCUT2D eigenvalue weighted by molar-refractivity contribution is -0.116. The minimum absolute atomic E-state index is 0.0402. The molecule has 0 unspecified atom stereocenters. The Balaban J connectivity index is 2.37. The van der Waals surface area contributed by atoms with E-state index in [4.69, 9.17) is 5.11 Å². The van der Waals surface area contributed by atoms with E-state index in [2.05, 4.69) is 31.1 Å². The van der Waals surface area contributed by atoms with E-state index in [0.29, 0.717) is 6.54 Å². The van der Waals surface area contributed by atoms with Crippen molar-refractivity contribution < 1.29 is 9.90 Å². The molecule has 2 N–H and O–H groups in total. The molecule has 124 valence electrons. The van der Waals surface area contributed by atoms with Gasteiger partial charge in [-0.1, -0.05) is 34.6 Å². The van der Waals surface area contributed by atoms with Crippen LogP contribution >= 0.6 is 11.3 Å². The quantitative estimate of drug-likeness (QED) is 0.597. The van der Waals surface area contributed by atoms with Crippen molar-refractivity contribution in [2.75, 3.05) is 13.2 Å². The van der Waals surface area contributed by atoms with E-state index < -0.39 is 0 Å². The lowest BCUT2D eigenvalue weighted by Crippen LogP contribution is -2.24. The Morgan fingerprint density at radius 2 is 2.05 bits per heavy atom. The van der Waals surface area contributed by atoms with Crippen molar-refractivity contribution in [1.82, 2.24) is 10.3 Å². The highest BCUT2D eigenvalue weighted by Gasteiger charge is 2.17. The molecule has 0 saturated heterocycles. The molecule has 0 fully saturated rings. The first-order valence-corrected chi connectivity index (χ1v) is 8.49. The van der Waals surface area contributed by atoms with Gasteiger partial charge in [0.1, 0.15) is 0 Å². The van der Waals surface area contributed by atoms with Crippen molar-refractivity contribution in [3.8, 4) is 0 Å². The zero-order valence-electron chi connectivity index (χ0n) is 14.3. The number of hydrogen-bond acceptors (Lipinski definition) is 4. The van der Waals surface area contributed by atoms with E-state index in [1.165, 1.54) is 0 Å². The van der Waals surface area contributed by atoms with Gasteiger partial charge in [0.25, 0.3) is 0 Å². The monoisotopic (exact) mass is 324 g/mol. The predicted molar refractivity (Wildman–Crippen MR) is 93.0 cm³/mol. The maximum atomic E-state index is 11.8. The minimum atomic E-state index is -0.0903. The average Bonchev–Trinajstić information content (AvgIpc) is 2.90. The second-order valence-electron chi connectivity index (χ2n) is 7.37. The fourth-order valence-electron chi connectivity index (χ4n) is 1.78. The Hall–Kier alpha value is -1.20. The van der Waals surface area contributed by atoms with Crippen molar-refractivity contribution in [1.29, 1.82) is 0 Å². The number of aliphatic hydroxyl groups is 1. The second kappa shape index (κ2) is 7.88. The number of carbonyl (C=O) groups is 1. The topological polar surface area (TPSA) is 62.2 Å². The van der Waals surface area contributed by atoms with E-state index in [9.17, 15) is 4.79 Å². The van der Waals surface area contributed by atoms with Gasteiger partial charge in [-0.05, 0) is 24.3 Å². The van der Waals surface area contributed by atoms with Crippen LogP contribution in [0.3, 0.4) is 0 Å². The van der Waals surface area contributed by atoms with Gasteiger partial charge in [0, 0.05) is 35.7 Å². The van der Waals surface area contributed by atoms with E-state index in [0.717, 1.165) is 22.7 Å². The van der Waals surface area contributed by atoms with E-state index in [1.807, 2.05) is 13.8 Å². The highest BCUT2D eigenvalue weighted by atomic mass is 32.1. The lowest BCUT2D eigenvalue weighted by Gasteiger charge is -2.20. The number of aliphatic hydroxyl groups excluding tert-OH is 1. The number of carbonyl (C=O) groups excluding carboxylic acids is 1. The average molecular weight is 324 g/mol. The molecule has 1 amide bonds. The maximum Gasteiger partial charge on any atom is 0.244 e. The molecule has 0 aliphatic rings. The van der Waals surface area contributed by atoms with Crippen LogP contribution in [0, 0.1) is 5.41 Å². The third-order valence-corrected chi connectivity index (χ3v) is 4.71. The van der Waals surface area contributed by atoms with Gasteiger partial charge in [-0.15, -0.1) is 11.3 Å². The lowest BCUT2D eigenvalue weighted by atomic mass is 9.89. The van der Waals surface area contributed by atoms with Crippen molar-refractivity contribution >= 4 is 23.3 Å². The Kier molecular flexibility index (Phi) is 6.75. The van der Waals surface area contributed by atoms with Crippen LogP contribution in [0.1, 0.15) is 57.3 Å². The second-order valence-corrected chi connectivity index (χ2v) is 8.43. The van der Waals surface area contributed by atoms with Crippen LogP contribution in [0.25, 0.3) is 6.08 Å². The van der Waals surface area contributed by atoms with Crippen molar-refractivity contribution in [3.63, 3.8) is 0 Å². The van der Waals surface area contributed by atoms with Crippen LogP contribution in [-0.2, 0) is 10.2 Å². The van der Waals surface area contributed by atoms with Crippen molar-refractivity contribution in [2.45, 2.75) is 52.9 Å². The van der Waals surface area contributed by atoms with Crippen molar-refractivity contribution in [3.05, 3.63) is 22.2 Å². The molecular formula is C17H28N2O2S. The summed E-state index contributed by atoms with van der Waals surface area (Å²) in [4.78, 5) is 17.1. The summed E-state index contributed by atoms with van der Waals surface area (Å²) in [7, 11) is 0. The molecular weight excluding hydrogens is 296 g/mol. The first-order chi connectivity index (χ1) is 10.1. The first kappa shape index (κ1) is 18.8. The summed E-state index contributed by atoms with van der Waals surface area (Å²) in [6.45, 7) is 11.2. The molecule has 0 aliphatic heterocycles. The third kappa shape index (κ3) is 6.71. The highest BCUT2D eigenvalue weighted by molar-refractivity contribution is 7.12. The molecule has 5 heteroatoms. The number of nitrogens with zero attached hydrogens (tertiary/aromatic N) is 1. The molecule has 0 radical (unpaired) electrons. The van der Waals surface area contributed by atoms with Gasteiger partial charge in [0.15, 0.2) is 0 Å². The number of hydrogen-bond donors (Lipinski definition) is 2. The number of amides is 1. The van der Waals surface area contributed by atoms with Gasteiger partial charge in [-0.25, -0.2) is 4.98 Å². The molecule has 1 aromatic heterocycles. The molecule has 0 saturated carbocycles. The molecule has 1 aromatic rings. The van der Waals surface area contributed by atoms with Gasteiger partial charge >= 0.3 is 0 Å². The van der Waals surface area contributed by atoms with E-state index in [-0.39, 0.29) is 23.3 Å². The predicted octanol–water partition coefficient (Wildman–Crippen LogP) is 3.37. The maximum absolute atomic E-state index is 11.8. The molecule has 0 spiro atoms. The van der Waals surface area contributed by atoms with Gasteiger partial charge in [0.05, 0.1) is 5.01 Å². The fraction of sp³-hybridized carbons (Fsp3) is 0.647. The van der Waals surface area contributed by atoms with E-state index >= 15 is 0 Å². The van der Waals surface area contributed by atoms with Crippen LogP contribution in [-0.4, -0.2) is 29.1 Å². The number of thiazole rings is 1. The largest absolute Gasteiger partial charge is 0.396 e. The number of aromatic nitrogens is 1. The number of rotatable bonds is 7. The Labute approximate surface area is 137 Å². The van der Waals surface area contributed by atoms with Crippen molar-refractivity contribution in [2.24, 2.45) is 5.41 Å². The van der Waals surface area contributed by atoms with Gasteiger partial charge in [-0.2, -0.15) is 0 Å². The Bertz CT molecular complexity index is 513. The zero-order chi connectivity index (χ0) is 16.8. The highest BCUT2D eigenvalue weighted by Crippen LogP contribution is 2.27. The first-order valence-electron chi connectivity index (χ1n) is 7.67. The Morgan fingerprint density at radius 3 is 2.59 bits per heavy atom. The van der Waals surface area contributed by atoms with Crippen LogP contribution in [0.2, 0.25) is 0 Å². The van der Waals surface area contributed by atoms with Gasteiger partial charge < -0.3 is 10.4 Å². The zero-order valence-corrected chi connectivity index (χ0v) is 15.1. The standard InChI is InChI=1S/C17H28N2O2S/c1-16(2,3)15-19-11-13(22-15)7-8-14(21)18-10-6-9-17(4,5)12-20/h7-8,11,20H,6,9-10,12H2,1-5H3,(H,18,21)/b8-7+.